The van der Waals surface area contributed by atoms with Crippen LogP contribution in [0.1, 0.15) is 22.8 Å². The van der Waals surface area contributed by atoms with Crippen molar-refractivity contribution in [3.63, 3.8) is 0 Å². The Balaban J connectivity index is 2.06. The van der Waals surface area contributed by atoms with Crippen LogP contribution in [-0.4, -0.2) is 15.6 Å². The van der Waals surface area contributed by atoms with Gasteiger partial charge in [0.05, 0.1) is 18.0 Å². The lowest BCUT2D eigenvalue weighted by atomic mass is 10.1. The zero-order valence-electron chi connectivity index (χ0n) is 8.51. The molecule has 4 heteroatoms. The molecule has 0 aliphatic heterocycles. The number of carbonyl (C=O) groups excluding carboxylic acids is 1. The summed E-state index contributed by atoms with van der Waals surface area (Å²) in [6.45, 7) is 2.83. The zero-order chi connectivity index (χ0) is 10.7. The molecule has 0 aliphatic carbocycles. The standard InChI is InChI=1S/C11H12N2O2/c1-2-13-7-9(6-12-13)5-11(14)10-3-4-15-8-10/h3-4,6-8H,2,5H2,1H3. The number of carbonyl (C=O) groups is 1. The molecule has 0 saturated carbocycles. The monoisotopic (exact) mass is 204 g/mol. The van der Waals surface area contributed by atoms with Gasteiger partial charge in [-0.05, 0) is 18.6 Å². The molecule has 2 aromatic rings. The quantitative estimate of drug-likeness (QED) is 0.715. The third kappa shape index (κ3) is 2.15. The summed E-state index contributed by atoms with van der Waals surface area (Å²) < 4.78 is 6.66. The van der Waals surface area contributed by atoms with Gasteiger partial charge in [0, 0.05) is 19.2 Å². The summed E-state index contributed by atoms with van der Waals surface area (Å²) in [5.41, 5.74) is 1.54. The highest BCUT2D eigenvalue weighted by molar-refractivity contribution is 5.97. The van der Waals surface area contributed by atoms with Gasteiger partial charge in [-0.15, -0.1) is 0 Å². The van der Waals surface area contributed by atoms with Gasteiger partial charge in [0.2, 0.25) is 0 Å². The van der Waals surface area contributed by atoms with E-state index in [-0.39, 0.29) is 5.78 Å². The highest BCUT2D eigenvalue weighted by Gasteiger charge is 2.09. The summed E-state index contributed by atoms with van der Waals surface area (Å²) in [4.78, 5) is 11.7. The maximum atomic E-state index is 11.7. The average Bonchev–Trinajstić information content (AvgIpc) is 2.87. The minimum atomic E-state index is 0.0550. The van der Waals surface area contributed by atoms with E-state index < -0.39 is 0 Å². The van der Waals surface area contributed by atoms with Gasteiger partial charge in [0.15, 0.2) is 5.78 Å². The molecule has 0 spiro atoms. The molecule has 2 heterocycles. The van der Waals surface area contributed by atoms with E-state index in [9.17, 15) is 4.79 Å². The lowest BCUT2D eigenvalue weighted by molar-refractivity contribution is 0.0992. The van der Waals surface area contributed by atoms with Gasteiger partial charge in [-0.25, -0.2) is 0 Å². The second kappa shape index (κ2) is 4.13. The molecule has 0 unspecified atom stereocenters. The Kier molecular flexibility index (Phi) is 2.67. The molecule has 0 saturated heterocycles. The smallest absolute Gasteiger partial charge is 0.170 e. The molecular weight excluding hydrogens is 192 g/mol. The first-order chi connectivity index (χ1) is 7.29. The minimum absolute atomic E-state index is 0.0550. The van der Waals surface area contributed by atoms with Crippen molar-refractivity contribution in [1.29, 1.82) is 0 Å². The number of furan rings is 1. The van der Waals surface area contributed by atoms with Gasteiger partial charge in [-0.1, -0.05) is 0 Å². The number of aryl methyl sites for hydroxylation is 1. The minimum Gasteiger partial charge on any atom is -0.472 e. The Morgan fingerprint density at radius 1 is 1.60 bits per heavy atom. The van der Waals surface area contributed by atoms with Crippen LogP contribution in [-0.2, 0) is 13.0 Å². The molecule has 0 bridgehead atoms. The lowest BCUT2D eigenvalue weighted by Crippen LogP contribution is -2.01. The van der Waals surface area contributed by atoms with Gasteiger partial charge in [0.25, 0.3) is 0 Å². The molecule has 0 aliphatic rings. The fourth-order valence-electron chi connectivity index (χ4n) is 1.38. The van der Waals surface area contributed by atoms with Crippen LogP contribution in [0.25, 0.3) is 0 Å². The summed E-state index contributed by atoms with van der Waals surface area (Å²) in [5.74, 6) is 0.0550. The molecule has 2 aromatic heterocycles. The van der Waals surface area contributed by atoms with Gasteiger partial charge in [-0.2, -0.15) is 5.10 Å². The van der Waals surface area contributed by atoms with E-state index in [1.165, 1.54) is 12.5 Å². The molecule has 0 atom stereocenters. The van der Waals surface area contributed by atoms with Gasteiger partial charge in [0.1, 0.15) is 6.26 Å². The molecule has 0 radical (unpaired) electrons. The van der Waals surface area contributed by atoms with E-state index in [2.05, 4.69) is 5.10 Å². The maximum Gasteiger partial charge on any atom is 0.170 e. The topological polar surface area (TPSA) is 48.0 Å². The van der Waals surface area contributed by atoms with E-state index in [1.54, 1.807) is 16.9 Å². The first-order valence-corrected chi connectivity index (χ1v) is 4.86. The van der Waals surface area contributed by atoms with Crippen molar-refractivity contribution < 1.29 is 9.21 Å². The number of aromatic nitrogens is 2. The van der Waals surface area contributed by atoms with E-state index in [4.69, 9.17) is 4.42 Å². The van der Waals surface area contributed by atoms with E-state index in [0.29, 0.717) is 12.0 Å². The van der Waals surface area contributed by atoms with Crippen LogP contribution >= 0.6 is 0 Å². The van der Waals surface area contributed by atoms with Gasteiger partial charge >= 0.3 is 0 Å². The molecule has 15 heavy (non-hydrogen) atoms. The summed E-state index contributed by atoms with van der Waals surface area (Å²) in [6, 6.07) is 1.67. The average molecular weight is 204 g/mol. The highest BCUT2D eigenvalue weighted by Crippen LogP contribution is 2.07. The van der Waals surface area contributed by atoms with Crippen molar-refractivity contribution in [1.82, 2.24) is 9.78 Å². The maximum absolute atomic E-state index is 11.7. The molecule has 4 nitrogen and oxygen atoms in total. The molecule has 2 rings (SSSR count). The fraction of sp³-hybridized carbons (Fsp3) is 0.273. The molecule has 0 N–H and O–H groups in total. The SMILES string of the molecule is CCn1cc(CC(=O)c2ccoc2)cn1. The van der Waals surface area contributed by atoms with E-state index in [0.717, 1.165) is 12.1 Å². The van der Waals surface area contributed by atoms with Crippen molar-refractivity contribution in [2.24, 2.45) is 0 Å². The number of hydrogen-bond donors (Lipinski definition) is 0. The van der Waals surface area contributed by atoms with Crippen molar-refractivity contribution in [3.05, 3.63) is 42.1 Å². The second-order valence-electron chi connectivity index (χ2n) is 3.32. The molecule has 0 fully saturated rings. The summed E-state index contributed by atoms with van der Waals surface area (Å²) in [7, 11) is 0. The zero-order valence-corrected chi connectivity index (χ0v) is 8.51. The third-order valence-corrected chi connectivity index (χ3v) is 2.22. The number of rotatable bonds is 4. The van der Waals surface area contributed by atoms with E-state index >= 15 is 0 Å². The lowest BCUT2D eigenvalue weighted by Gasteiger charge is -1.94. The number of ketones is 1. The van der Waals surface area contributed by atoms with Crippen LogP contribution in [0.5, 0.6) is 0 Å². The van der Waals surface area contributed by atoms with Crippen molar-refractivity contribution in [2.75, 3.05) is 0 Å². The van der Waals surface area contributed by atoms with Crippen LogP contribution in [0.15, 0.2) is 35.4 Å². The van der Waals surface area contributed by atoms with Gasteiger partial charge in [-0.3, -0.25) is 9.48 Å². The Bertz CT molecular complexity index is 443. The van der Waals surface area contributed by atoms with Crippen molar-refractivity contribution in [2.45, 2.75) is 19.9 Å². The van der Waals surface area contributed by atoms with Crippen LogP contribution in [0.4, 0.5) is 0 Å². The first kappa shape index (κ1) is 9.71. The Labute approximate surface area is 87.5 Å². The van der Waals surface area contributed by atoms with E-state index in [1.807, 2.05) is 13.1 Å². The molecular formula is C11H12N2O2. The van der Waals surface area contributed by atoms with Crippen LogP contribution in [0, 0.1) is 0 Å². The molecule has 78 valence electrons. The molecule has 0 aromatic carbocycles. The predicted molar refractivity (Wildman–Crippen MR) is 54.6 cm³/mol. The van der Waals surface area contributed by atoms with Gasteiger partial charge < -0.3 is 4.42 Å². The summed E-state index contributed by atoms with van der Waals surface area (Å²) >= 11 is 0. The third-order valence-electron chi connectivity index (χ3n) is 2.22. The Morgan fingerprint density at radius 2 is 2.47 bits per heavy atom. The summed E-state index contributed by atoms with van der Waals surface area (Å²) in [6.07, 6.45) is 6.95. The van der Waals surface area contributed by atoms with Crippen LogP contribution < -0.4 is 0 Å². The highest BCUT2D eigenvalue weighted by atomic mass is 16.3. The van der Waals surface area contributed by atoms with Crippen molar-refractivity contribution >= 4 is 5.78 Å². The molecule has 0 amide bonds. The summed E-state index contributed by atoms with van der Waals surface area (Å²) in [5, 5.41) is 4.11. The van der Waals surface area contributed by atoms with Crippen molar-refractivity contribution in [3.8, 4) is 0 Å². The number of hydrogen-bond acceptors (Lipinski definition) is 3. The number of nitrogens with zero attached hydrogens (tertiary/aromatic N) is 2. The predicted octanol–water partition coefficient (Wildman–Crippen LogP) is 1.92. The second-order valence-corrected chi connectivity index (χ2v) is 3.32. The van der Waals surface area contributed by atoms with Crippen LogP contribution in [0.3, 0.4) is 0 Å². The first-order valence-electron chi connectivity index (χ1n) is 4.86. The number of Topliss-reactive ketones (excluding diaryl/α,β-unsaturated/α-hetero) is 1. The Morgan fingerprint density at radius 3 is 3.07 bits per heavy atom. The normalized spacial score (nSPS) is 10.5. The fourth-order valence-corrected chi connectivity index (χ4v) is 1.38. The largest absolute Gasteiger partial charge is 0.472 e. The van der Waals surface area contributed by atoms with Crippen LogP contribution in [0.2, 0.25) is 0 Å². The Hall–Kier alpha value is -1.84.